The molecule has 1 aliphatic heterocycles. The van der Waals surface area contributed by atoms with Gasteiger partial charge in [-0.05, 0) is 19.1 Å². The molecule has 1 saturated heterocycles. The first kappa shape index (κ1) is 20.9. The molecule has 150 valence electrons. The molecular weight excluding hydrogens is 384 g/mol. The second-order valence-corrected chi connectivity index (χ2v) is 7.84. The van der Waals surface area contributed by atoms with Crippen molar-refractivity contribution < 1.29 is 31.5 Å². The molecule has 2 rings (SSSR count). The van der Waals surface area contributed by atoms with E-state index in [1.807, 2.05) is 0 Å². The summed E-state index contributed by atoms with van der Waals surface area (Å²) < 4.78 is 56.6. The van der Waals surface area contributed by atoms with Crippen LogP contribution in [0.15, 0.2) is 18.2 Å². The number of carbonyl (C=O) groups is 2. The first-order valence-electron chi connectivity index (χ1n) is 8.25. The van der Waals surface area contributed by atoms with Gasteiger partial charge in [-0.15, -0.1) is 0 Å². The van der Waals surface area contributed by atoms with E-state index >= 15 is 0 Å². The third-order valence-corrected chi connectivity index (χ3v) is 5.14. The third kappa shape index (κ3) is 5.28. The van der Waals surface area contributed by atoms with Crippen molar-refractivity contribution in [2.45, 2.75) is 6.92 Å². The Kier molecular flexibility index (Phi) is 6.58. The zero-order valence-electron chi connectivity index (χ0n) is 15.0. The number of benzene rings is 1. The summed E-state index contributed by atoms with van der Waals surface area (Å²) in [6.45, 7) is 2.18. The van der Waals surface area contributed by atoms with Gasteiger partial charge < -0.3 is 14.5 Å². The van der Waals surface area contributed by atoms with Crippen LogP contribution < -0.4 is 4.31 Å². The molecule has 1 aromatic carbocycles. The van der Waals surface area contributed by atoms with E-state index in [9.17, 15) is 26.8 Å². The number of nitrogens with zero attached hydrogens (tertiary/aromatic N) is 3. The van der Waals surface area contributed by atoms with E-state index in [1.165, 1.54) is 9.80 Å². The maximum atomic E-state index is 14.0. The van der Waals surface area contributed by atoms with E-state index in [0.29, 0.717) is 10.4 Å². The molecule has 0 aliphatic carbocycles. The lowest BCUT2D eigenvalue weighted by atomic mass is 10.3. The summed E-state index contributed by atoms with van der Waals surface area (Å²) in [4.78, 5) is 27.0. The normalized spacial score (nSPS) is 14.8. The minimum atomic E-state index is -3.98. The van der Waals surface area contributed by atoms with Crippen molar-refractivity contribution in [3.05, 3.63) is 29.8 Å². The predicted octanol–water partition coefficient (Wildman–Crippen LogP) is 1.03. The summed E-state index contributed by atoms with van der Waals surface area (Å²) in [5.41, 5.74) is -0.405. The maximum Gasteiger partial charge on any atom is 0.409 e. The Labute approximate surface area is 156 Å². The monoisotopic (exact) mass is 405 g/mol. The van der Waals surface area contributed by atoms with Crippen molar-refractivity contribution >= 4 is 27.7 Å². The van der Waals surface area contributed by atoms with Crippen LogP contribution in [-0.2, 0) is 19.6 Å². The number of halogens is 2. The summed E-state index contributed by atoms with van der Waals surface area (Å²) in [5, 5.41) is 0. The van der Waals surface area contributed by atoms with E-state index in [-0.39, 0.29) is 32.8 Å². The van der Waals surface area contributed by atoms with E-state index in [0.717, 1.165) is 18.4 Å². The molecular formula is C16H21F2N3O5S. The minimum absolute atomic E-state index is 0.196. The Balaban J connectivity index is 2.08. The standard InChI is InChI=1S/C16H21F2N3O5S/c1-3-26-16(23)20-8-6-19(7-9-20)15(22)11-21(27(2,24)25)14-5-4-12(17)10-13(14)18/h4-5,10H,3,6-9,11H2,1-2H3. The van der Waals surface area contributed by atoms with E-state index in [4.69, 9.17) is 4.74 Å². The average Bonchev–Trinajstić information content (AvgIpc) is 2.59. The number of piperazine rings is 1. The van der Waals surface area contributed by atoms with Gasteiger partial charge in [0.1, 0.15) is 18.2 Å². The molecule has 0 radical (unpaired) electrons. The van der Waals surface area contributed by atoms with Crippen LogP contribution in [0.5, 0.6) is 0 Å². The molecule has 1 aliphatic rings. The molecule has 0 atom stereocenters. The zero-order valence-corrected chi connectivity index (χ0v) is 15.8. The highest BCUT2D eigenvalue weighted by atomic mass is 32.2. The molecule has 0 saturated carbocycles. The highest BCUT2D eigenvalue weighted by Gasteiger charge is 2.29. The van der Waals surface area contributed by atoms with E-state index < -0.39 is 45.9 Å². The van der Waals surface area contributed by atoms with Gasteiger partial charge >= 0.3 is 6.09 Å². The Morgan fingerprint density at radius 2 is 1.74 bits per heavy atom. The van der Waals surface area contributed by atoms with Crippen LogP contribution in [0.1, 0.15) is 6.92 Å². The highest BCUT2D eigenvalue weighted by molar-refractivity contribution is 7.92. The third-order valence-electron chi connectivity index (χ3n) is 4.02. The van der Waals surface area contributed by atoms with Crippen molar-refractivity contribution in [1.82, 2.24) is 9.80 Å². The van der Waals surface area contributed by atoms with Gasteiger partial charge in [-0.2, -0.15) is 0 Å². The molecule has 0 unspecified atom stereocenters. The summed E-state index contributed by atoms with van der Waals surface area (Å²) in [5.74, 6) is -2.49. The number of hydrogen-bond donors (Lipinski definition) is 0. The van der Waals surface area contributed by atoms with Gasteiger partial charge in [0, 0.05) is 32.2 Å². The molecule has 2 amide bonds. The Hall–Kier alpha value is -2.43. The lowest BCUT2D eigenvalue weighted by Crippen LogP contribution is -2.53. The van der Waals surface area contributed by atoms with Crippen molar-refractivity contribution in [2.24, 2.45) is 0 Å². The summed E-state index contributed by atoms with van der Waals surface area (Å²) in [6, 6.07) is 2.44. The topological polar surface area (TPSA) is 87.2 Å². The smallest absolute Gasteiger partial charge is 0.409 e. The fraction of sp³-hybridized carbons (Fsp3) is 0.500. The quantitative estimate of drug-likeness (QED) is 0.730. The van der Waals surface area contributed by atoms with Gasteiger partial charge in [0.25, 0.3) is 0 Å². The molecule has 0 N–H and O–H groups in total. The minimum Gasteiger partial charge on any atom is -0.450 e. The summed E-state index contributed by atoms with van der Waals surface area (Å²) in [6.07, 6.45) is 0.359. The van der Waals surface area contributed by atoms with Crippen LogP contribution in [0.4, 0.5) is 19.3 Å². The van der Waals surface area contributed by atoms with Crippen molar-refractivity contribution in [2.75, 3.05) is 49.9 Å². The number of anilines is 1. The molecule has 8 nitrogen and oxygen atoms in total. The van der Waals surface area contributed by atoms with Gasteiger partial charge in [0.05, 0.1) is 18.6 Å². The number of rotatable bonds is 5. The van der Waals surface area contributed by atoms with E-state index in [1.54, 1.807) is 6.92 Å². The van der Waals surface area contributed by atoms with Gasteiger partial charge in [0.15, 0.2) is 0 Å². The maximum absolute atomic E-state index is 14.0. The number of ether oxygens (including phenoxy) is 1. The molecule has 0 aromatic heterocycles. The Morgan fingerprint density at radius 1 is 1.15 bits per heavy atom. The molecule has 1 fully saturated rings. The SMILES string of the molecule is CCOC(=O)N1CCN(C(=O)CN(c2ccc(F)cc2F)S(C)(=O)=O)CC1. The van der Waals surface area contributed by atoms with Gasteiger partial charge in [-0.1, -0.05) is 0 Å². The largest absolute Gasteiger partial charge is 0.450 e. The zero-order chi connectivity index (χ0) is 20.2. The first-order chi connectivity index (χ1) is 12.6. The van der Waals surface area contributed by atoms with Crippen LogP contribution in [0.2, 0.25) is 0 Å². The molecule has 1 aromatic rings. The Bertz CT molecular complexity index is 810. The van der Waals surface area contributed by atoms with Gasteiger partial charge in [-0.3, -0.25) is 9.10 Å². The van der Waals surface area contributed by atoms with Crippen LogP contribution in [0, 0.1) is 11.6 Å². The van der Waals surface area contributed by atoms with E-state index in [2.05, 4.69) is 0 Å². The van der Waals surface area contributed by atoms with Gasteiger partial charge in [0.2, 0.25) is 15.9 Å². The van der Waals surface area contributed by atoms with Gasteiger partial charge in [-0.25, -0.2) is 22.0 Å². The summed E-state index contributed by atoms with van der Waals surface area (Å²) in [7, 11) is -3.98. The summed E-state index contributed by atoms with van der Waals surface area (Å²) >= 11 is 0. The predicted molar refractivity (Wildman–Crippen MR) is 93.7 cm³/mol. The number of sulfonamides is 1. The second-order valence-electron chi connectivity index (χ2n) is 5.93. The Morgan fingerprint density at radius 3 is 2.26 bits per heavy atom. The molecule has 1 heterocycles. The lowest BCUT2D eigenvalue weighted by Gasteiger charge is -2.35. The fourth-order valence-electron chi connectivity index (χ4n) is 2.64. The van der Waals surface area contributed by atoms with Crippen LogP contribution in [0.3, 0.4) is 0 Å². The number of hydrogen-bond acceptors (Lipinski definition) is 5. The first-order valence-corrected chi connectivity index (χ1v) is 10.1. The fourth-order valence-corrected chi connectivity index (χ4v) is 3.49. The van der Waals surface area contributed by atoms with Crippen LogP contribution >= 0.6 is 0 Å². The number of amides is 2. The van der Waals surface area contributed by atoms with Crippen molar-refractivity contribution in [1.29, 1.82) is 0 Å². The average molecular weight is 405 g/mol. The van der Waals surface area contributed by atoms with Crippen LogP contribution in [-0.4, -0.2) is 75.8 Å². The van der Waals surface area contributed by atoms with Crippen molar-refractivity contribution in [3.8, 4) is 0 Å². The molecule has 11 heteroatoms. The van der Waals surface area contributed by atoms with Crippen LogP contribution in [0.25, 0.3) is 0 Å². The van der Waals surface area contributed by atoms with Crippen molar-refractivity contribution in [3.63, 3.8) is 0 Å². The second kappa shape index (κ2) is 8.51. The lowest BCUT2D eigenvalue weighted by molar-refractivity contribution is -0.131. The highest BCUT2D eigenvalue weighted by Crippen LogP contribution is 2.23. The molecule has 0 spiro atoms. The molecule has 27 heavy (non-hydrogen) atoms. The molecule has 0 bridgehead atoms. The number of carbonyl (C=O) groups excluding carboxylic acids is 2.